The number of hydrogen-bond donors (Lipinski definition) is 1. The van der Waals surface area contributed by atoms with Gasteiger partial charge in [0.2, 0.25) is 0 Å². The van der Waals surface area contributed by atoms with Crippen LogP contribution in [0.5, 0.6) is 5.75 Å². The summed E-state index contributed by atoms with van der Waals surface area (Å²) in [6, 6.07) is 18.7. The van der Waals surface area contributed by atoms with Gasteiger partial charge in [-0.3, -0.25) is 14.5 Å². The van der Waals surface area contributed by atoms with Gasteiger partial charge in [0, 0.05) is 35.6 Å². The minimum atomic E-state index is -1.11. The molecule has 0 aromatic heterocycles. The summed E-state index contributed by atoms with van der Waals surface area (Å²) in [6.45, 7) is 1.95. The van der Waals surface area contributed by atoms with Gasteiger partial charge in [0.1, 0.15) is 17.3 Å². The molecule has 35 heavy (non-hydrogen) atoms. The van der Waals surface area contributed by atoms with Gasteiger partial charge in [-0.25, -0.2) is 4.39 Å². The molecule has 3 aromatic rings. The van der Waals surface area contributed by atoms with Crippen molar-refractivity contribution in [3.05, 3.63) is 95.3 Å². The monoisotopic (exact) mass is 472 g/mol. The summed E-state index contributed by atoms with van der Waals surface area (Å²) in [5.41, 5.74) is 1.79. The minimum Gasteiger partial charge on any atom is -0.507 e. The number of nitrogens with zero attached hydrogens (tertiary/aromatic N) is 2. The van der Waals surface area contributed by atoms with Gasteiger partial charge >= 0.3 is 0 Å². The lowest BCUT2D eigenvalue weighted by molar-refractivity contribution is -0.132. The fourth-order valence-electron chi connectivity index (χ4n) is 4.79. The molecule has 2 saturated heterocycles. The van der Waals surface area contributed by atoms with Gasteiger partial charge in [-0.1, -0.05) is 18.2 Å². The maximum absolute atomic E-state index is 15.0. The quantitative estimate of drug-likeness (QED) is 0.319. The van der Waals surface area contributed by atoms with Crippen molar-refractivity contribution in [3.8, 4) is 5.75 Å². The number of benzene rings is 3. The second kappa shape index (κ2) is 9.25. The molecule has 3 aromatic carbocycles. The average molecular weight is 473 g/mol. The number of ketones is 1. The molecule has 1 atom stereocenters. The van der Waals surface area contributed by atoms with Crippen LogP contribution in [0, 0.1) is 5.82 Å². The molecule has 1 N–H and O–H groups in total. The maximum atomic E-state index is 15.0. The molecule has 2 fully saturated rings. The highest BCUT2D eigenvalue weighted by atomic mass is 19.1. The molecule has 178 valence electrons. The van der Waals surface area contributed by atoms with Crippen molar-refractivity contribution >= 4 is 28.8 Å². The number of carbonyl (C=O) groups excluding carboxylic acids is 2. The largest absolute Gasteiger partial charge is 0.507 e. The van der Waals surface area contributed by atoms with E-state index in [9.17, 15) is 14.7 Å². The first kappa shape index (κ1) is 22.7. The number of ether oxygens (including phenoxy) is 1. The van der Waals surface area contributed by atoms with Crippen LogP contribution in [0.1, 0.15) is 30.0 Å². The normalized spacial score (nSPS) is 19.4. The molecular formula is C28H25FN2O4. The zero-order chi connectivity index (χ0) is 24.5. The van der Waals surface area contributed by atoms with Crippen LogP contribution in [-0.2, 0) is 9.59 Å². The van der Waals surface area contributed by atoms with Gasteiger partial charge in [-0.2, -0.15) is 0 Å². The van der Waals surface area contributed by atoms with Gasteiger partial charge < -0.3 is 14.7 Å². The number of hydrogen-bond acceptors (Lipinski definition) is 5. The Bertz CT molecular complexity index is 1300. The lowest BCUT2D eigenvalue weighted by Crippen LogP contribution is -2.30. The van der Waals surface area contributed by atoms with Gasteiger partial charge in [0.15, 0.2) is 0 Å². The summed E-state index contributed by atoms with van der Waals surface area (Å²) in [5, 5.41) is 11.2. The zero-order valence-electron chi connectivity index (χ0n) is 19.3. The van der Waals surface area contributed by atoms with E-state index in [1.165, 1.54) is 24.1 Å². The Labute approximate surface area is 202 Å². The average Bonchev–Trinajstić information content (AvgIpc) is 3.51. The van der Waals surface area contributed by atoms with E-state index >= 15 is 4.39 Å². The number of Topliss-reactive ketones (excluding diaryl/α,β-unsaturated/α-hetero) is 1. The maximum Gasteiger partial charge on any atom is 0.300 e. The summed E-state index contributed by atoms with van der Waals surface area (Å²) in [4.78, 5) is 30.0. The highest BCUT2D eigenvalue weighted by molar-refractivity contribution is 6.51. The Balaban J connectivity index is 1.63. The van der Waals surface area contributed by atoms with E-state index in [1.807, 2.05) is 12.1 Å². The van der Waals surface area contributed by atoms with Crippen LogP contribution in [0.4, 0.5) is 15.8 Å². The van der Waals surface area contributed by atoms with E-state index in [1.54, 1.807) is 48.5 Å². The number of amides is 1. The van der Waals surface area contributed by atoms with E-state index in [4.69, 9.17) is 4.74 Å². The van der Waals surface area contributed by atoms with E-state index in [2.05, 4.69) is 4.90 Å². The van der Waals surface area contributed by atoms with Crippen LogP contribution in [-0.4, -0.2) is 37.0 Å². The summed E-state index contributed by atoms with van der Waals surface area (Å²) in [5.74, 6) is -2.04. The molecule has 0 aliphatic carbocycles. The highest BCUT2D eigenvalue weighted by Crippen LogP contribution is 2.43. The number of aliphatic hydroxyl groups excluding tert-OH is 1. The fourth-order valence-corrected chi connectivity index (χ4v) is 4.79. The van der Waals surface area contributed by atoms with Crippen LogP contribution in [0.25, 0.3) is 5.76 Å². The highest BCUT2D eigenvalue weighted by Gasteiger charge is 2.47. The Morgan fingerprint density at radius 3 is 2.17 bits per heavy atom. The van der Waals surface area contributed by atoms with Crippen LogP contribution >= 0.6 is 0 Å². The molecule has 7 heteroatoms. The molecule has 1 unspecified atom stereocenters. The van der Waals surface area contributed by atoms with Crippen molar-refractivity contribution in [2.45, 2.75) is 18.9 Å². The smallest absolute Gasteiger partial charge is 0.300 e. The van der Waals surface area contributed by atoms with Gasteiger partial charge in [-0.05, 0) is 67.4 Å². The standard InChI is InChI=1S/C28H25FN2O4/c1-35-21-14-8-18(9-15-21)26(32)24-25(22-6-2-3-7-23(22)29)31(28(34)27(24)33)20-12-10-19(11-13-20)30-16-4-5-17-30/h2-3,6-15,25,32H,4-5,16-17H2,1H3/b26-24+. The van der Waals surface area contributed by atoms with E-state index in [-0.39, 0.29) is 16.9 Å². The van der Waals surface area contributed by atoms with Crippen molar-refractivity contribution in [2.75, 3.05) is 30.0 Å². The van der Waals surface area contributed by atoms with Gasteiger partial charge in [0.05, 0.1) is 18.7 Å². The van der Waals surface area contributed by atoms with Crippen LogP contribution in [0.3, 0.4) is 0 Å². The molecular weight excluding hydrogens is 447 g/mol. The van der Waals surface area contributed by atoms with Crippen molar-refractivity contribution in [3.63, 3.8) is 0 Å². The Hall–Kier alpha value is -4.13. The number of halogens is 1. The topological polar surface area (TPSA) is 70.1 Å². The number of carbonyl (C=O) groups is 2. The molecule has 6 nitrogen and oxygen atoms in total. The SMILES string of the molecule is COc1ccc(/C(O)=C2\C(=O)C(=O)N(c3ccc(N4CCCC4)cc3)C2c2ccccc2F)cc1. The third kappa shape index (κ3) is 4.03. The lowest BCUT2D eigenvalue weighted by Gasteiger charge is -2.26. The second-order valence-electron chi connectivity index (χ2n) is 8.63. The number of anilines is 2. The number of rotatable bonds is 5. The lowest BCUT2D eigenvalue weighted by atomic mass is 9.94. The summed E-state index contributed by atoms with van der Waals surface area (Å²) < 4.78 is 20.2. The van der Waals surface area contributed by atoms with Crippen molar-refractivity contribution in [1.82, 2.24) is 0 Å². The number of aliphatic hydroxyl groups is 1. The van der Waals surface area contributed by atoms with Gasteiger partial charge in [-0.15, -0.1) is 0 Å². The zero-order valence-corrected chi connectivity index (χ0v) is 19.3. The third-order valence-electron chi connectivity index (χ3n) is 6.61. The Kier molecular flexibility index (Phi) is 5.99. The van der Waals surface area contributed by atoms with Crippen molar-refractivity contribution in [1.29, 1.82) is 0 Å². The van der Waals surface area contributed by atoms with Crippen molar-refractivity contribution < 1.29 is 23.8 Å². The van der Waals surface area contributed by atoms with E-state index < -0.39 is 23.5 Å². The summed E-state index contributed by atoms with van der Waals surface area (Å²) in [7, 11) is 1.52. The van der Waals surface area contributed by atoms with Crippen LogP contribution < -0.4 is 14.5 Å². The van der Waals surface area contributed by atoms with Crippen LogP contribution in [0.15, 0.2) is 78.4 Å². The molecule has 2 aliphatic rings. The number of methoxy groups -OCH3 is 1. The molecule has 2 aliphatic heterocycles. The predicted octanol–water partition coefficient (Wildman–Crippen LogP) is 5.06. The van der Waals surface area contributed by atoms with Crippen LogP contribution in [0.2, 0.25) is 0 Å². The molecule has 0 radical (unpaired) electrons. The van der Waals surface area contributed by atoms with E-state index in [0.29, 0.717) is 17.0 Å². The molecule has 0 bridgehead atoms. The first-order valence-electron chi connectivity index (χ1n) is 11.5. The fraction of sp³-hybridized carbons (Fsp3) is 0.214. The molecule has 5 rings (SSSR count). The molecule has 1 amide bonds. The Morgan fingerprint density at radius 2 is 1.54 bits per heavy atom. The summed E-state index contributed by atoms with van der Waals surface area (Å²) in [6.07, 6.45) is 2.27. The third-order valence-corrected chi connectivity index (χ3v) is 6.61. The van der Waals surface area contributed by atoms with E-state index in [0.717, 1.165) is 31.6 Å². The van der Waals surface area contributed by atoms with Crippen molar-refractivity contribution in [2.24, 2.45) is 0 Å². The predicted molar refractivity (Wildman–Crippen MR) is 132 cm³/mol. The first-order valence-corrected chi connectivity index (χ1v) is 11.5. The molecule has 0 saturated carbocycles. The first-order chi connectivity index (χ1) is 17.0. The minimum absolute atomic E-state index is 0.130. The van der Waals surface area contributed by atoms with Gasteiger partial charge in [0.25, 0.3) is 11.7 Å². The molecule has 2 heterocycles. The summed E-state index contributed by atoms with van der Waals surface area (Å²) >= 11 is 0. The Morgan fingerprint density at radius 1 is 0.914 bits per heavy atom. The molecule has 0 spiro atoms. The second-order valence-corrected chi connectivity index (χ2v) is 8.63.